The molecule has 0 saturated heterocycles. The number of hydrogen-bond donors (Lipinski definition) is 1. The van der Waals surface area contributed by atoms with E-state index in [9.17, 15) is 0 Å². The molecule has 0 amide bonds. The van der Waals surface area contributed by atoms with Gasteiger partial charge in [-0.15, -0.1) is 0 Å². The summed E-state index contributed by atoms with van der Waals surface area (Å²) in [6.45, 7) is 14.1. The lowest BCUT2D eigenvalue weighted by Gasteiger charge is -2.35. The minimum Gasteiger partial charge on any atom is -0.313 e. The molecule has 0 aromatic heterocycles. The lowest BCUT2D eigenvalue weighted by atomic mass is 9.79. The maximum Gasteiger partial charge on any atom is 0.0118 e. The van der Waals surface area contributed by atoms with Gasteiger partial charge in [0.15, 0.2) is 0 Å². The molecule has 1 N–H and O–H groups in total. The van der Waals surface area contributed by atoms with Crippen molar-refractivity contribution >= 4 is 0 Å². The van der Waals surface area contributed by atoms with Crippen LogP contribution in [-0.2, 0) is 0 Å². The molecule has 0 aromatic carbocycles. The molecule has 2 heteroatoms. The molecule has 0 spiro atoms. The minimum absolute atomic E-state index is 0.764. The van der Waals surface area contributed by atoms with Crippen molar-refractivity contribution in [3.8, 4) is 0 Å². The van der Waals surface area contributed by atoms with E-state index in [-0.39, 0.29) is 0 Å². The summed E-state index contributed by atoms with van der Waals surface area (Å²) in [6, 6.07) is 0.764. The summed E-state index contributed by atoms with van der Waals surface area (Å²) in [4.78, 5) is 2.51. The first-order valence-corrected chi connectivity index (χ1v) is 7.64. The summed E-state index contributed by atoms with van der Waals surface area (Å²) in [5.41, 5.74) is 0. The largest absolute Gasteiger partial charge is 0.313 e. The second kappa shape index (κ2) is 8.10. The van der Waals surface area contributed by atoms with Crippen LogP contribution in [0.5, 0.6) is 0 Å². The minimum atomic E-state index is 0.764. The fourth-order valence-corrected chi connectivity index (χ4v) is 3.20. The zero-order valence-electron chi connectivity index (χ0n) is 12.3. The van der Waals surface area contributed by atoms with Crippen LogP contribution in [0.25, 0.3) is 0 Å². The summed E-state index contributed by atoms with van der Waals surface area (Å²) < 4.78 is 0. The van der Waals surface area contributed by atoms with Crippen molar-refractivity contribution in [3.63, 3.8) is 0 Å². The summed E-state index contributed by atoms with van der Waals surface area (Å²) in [5.74, 6) is 1.74. The highest BCUT2D eigenvalue weighted by molar-refractivity contribution is 4.83. The molecule has 2 atom stereocenters. The lowest BCUT2D eigenvalue weighted by molar-refractivity contribution is 0.205. The Labute approximate surface area is 108 Å². The topological polar surface area (TPSA) is 15.3 Å². The smallest absolute Gasteiger partial charge is 0.0118 e. The van der Waals surface area contributed by atoms with Crippen LogP contribution in [0, 0.1) is 11.8 Å². The average Bonchev–Trinajstić information content (AvgIpc) is 2.32. The summed E-state index contributed by atoms with van der Waals surface area (Å²) in [7, 11) is 0. The van der Waals surface area contributed by atoms with E-state index in [1.54, 1.807) is 0 Å². The quantitative estimate of drug-likeness (QED) is 0.688. The van der Waals surface area contributed by atoms with Gasteiger partial charge in [0.2, 0.25) is 0 Å². The highest BCUT2D eigenvalue weighted by Gasteiger charge is 2.26. The molecule has 2 nitrogen and oxygen atoms in total. The predicted molar refractivity (Wildman–Crippen MR) is 76.4 cm³/mol. The zero-order valence-corrected chi connectivity index (χ0v) is 12.3. The van der Waals surface area contributed by atoms with E-state index in [4.69, 9.17) is 0 Å². The first-order valence-electron chi connectivity index (χ1n) is 7.64. The fourth-order valence-electron chi connectivity index (χ4n) is 3.20. The van der Waals surface area contributed by atoms with Crippen LogP contribution in [0.4, 0.5) is 0 Å². The van der Waals surface area contributed by atoms with Crippen molar-refractivity contribution < 1.29 is 0 Å². The SMILES string of the molecule is CCN(CC)CCCNC1C(C)CCCC1C. The molecule has 1 aliphatic carbocycles. The number of nitrogens with one attached hydrogen (secondary N) is 1. The third-order valence-corrected chi connectivity index (χ3v) is 4.47. The second-order valence-electron chi connectivity index (χ2n) is 5.75. The fraction of sp³-hybridized carbons (Fsp3) is 1.00. The molecule has 1 rings (SSSR count). The third kappa shape index (κ3) is 4.97. The lowest BCUT2D eigenvalue weighted by Crippen LogP contribution is -2.43. The Morgan fingerprint density at radius 3 is 2.18 bits per heavy atom. The number of hydrogen-bond acceptors (Lipinski definition) is 2. The molecule has 1 aliphatic rings. The van der Waals surface area contributed by atoms with Crippen LogP contribution in [-0.4, -0.2) is 37.1 Å². The Kier molecular flexibility index (Phi) is 7.14. The Hall–Kier alpha value is -0.0800. The normalized spacial score (nSPS) is 29.8. The molecule has 0 aromatic rings. The number of nitrogens with zero attached hydrogens (tertiary/aromatic N) is 1. The monoisotopic (exact) mass is 240 g/mol. The van der Waals surface area contributed by atoms with Gasteiger partial charge in [-0.2, -0.15) is 0 Å². The Bertz CT molecular complexity index is 179. The van der Waals surface area contributed by atoms with Crippen LogP contribution >= 0.6 is 0 Å². The van der Waals surface area contributed by atoms with Crippen molar-refractivity contribution in [1.29, 1.82) is 0 Å². The standard InChI is InChI=1S/C15H32N2/c1-5-17(6-2)12-8-11-16-15-13(3)9-7-10-14(15)4/h13-16H,5-12H2,1-4H3. The first-order chi connectivity index (χ1) is 8.19. The predicted octanol–water partition coefficient (Wildman–Crippen LogP) is 3.13. The molecule has 0 bridgehead atoms. The maximum atomic E-state index is 3.80. The first kappa shape index (κ1) is 15.0. The van der Waals surface area contributed by atoms with Crippen molar-refractivity contribution in [2.24, 2.45) is 11.8 Å². The molecule has 1 fully saturated rings. The van der Waals surface area contributed by atoms with Crippen LogP contribution in [0.15, 0.2) is 0 Å². The average molecular weight is 240 g/mol. The van der Waals surface area contributed by atoms with Crippen LogP contribution in [0.3, 0.4) is 0 Å². The Morgan fingerprint density at radius 2 is 1.65 bits per heavy atom. The van der Waals surface area contributed by atoms with Crippen LogP contribution in [0.1, 0.15) is 53.4 Å². The van der Waals surface area contributed by atoms with E-state index in [1.807, 2.05) is 0 Å². The molecular weight excluding hydrogens is 208 g/mol. The molecule has 1 saturated carbocycles. The van der Waals surface area contributed by atoms with E-state index >= 15 is 0 Å². The highest BCUT2D eigenvalue weighted by atomic mass is 15.1. The Balaban J connectivity index is 2.16. The van der Waals surface area contributed by atoms with Gasteiger partial charge in [0, 0.05) is 6.04 Å². The van der Waals surface area contributed by atoms with Crippen LogP contribution < -0.4 is 5.32 Å². The van der Waals surface area contributed by atoms with Crippen molar-refractivity contribution in [1.82, 2.24) is 10.2 Å². The second-order valence-corrected chi connectivity index (χ2v) is 5.75. The van der Waals surface area contributed by atoms with Crippen molar-refractivity contribution in [3.05, 3.63) is 0 Å². The number of rotatable bonds is 7. The molecule has 17 heavy (non-hydrogen) atoms. The summed E-state index contributed by atoms with van der Waals surface area (Å²) >= 11 is 0. The summed E-state index contributed by atoms with van der Waals surface area (Å²) in [6.07, 6.45) is 5.55. The van der Waals surface area contributed by atoms with Gasteiger partial charge in [-0.25, -0.2) is 0 Å². The molecular formula is C15H32N2. The molecule has 2 unspecified atom stereocenters. The molecule has 102 valence electrons. The van der Waals surface area contributed by atoms with Gasteiger partial charge < -0.3 is 10.2 Å². The van der Waals surface area contributed by atoms with E-state index in [2.05, 4.69) is 37.9 Å². The van der Waals surface area contributed by atoms with Gasteiger partial charge in [0.25, 0.3) is 0 Å². The van der Waals surface area contributed by atoms with Gasteiger partial charge in [-0.1, -0.05) is 34.1 Å². The Morgan fingerprint density at radius 1 is 1.06 bits per heavy atom. The molecule has 0 heterocycles. The molecule has 0 radical (unpaired) electrons. The third-order valence-electron chi connectivity index (χ3n) is 4.47. The van der Waals surface area contributed by atoms with Gasteiger partial charge in [-0.3, -0.25) is 0 Å². The van der Waals surface area contributed by atoms with E-state index < -0.39 is 0 Å². The van der Waals surface area contributed by atoms with E-state index in [1.165, 1.54) is 51.9 Å². The van der Waals surface area contributed by atoms with Crippen LogP contribution in [0.2, 0.25) is 0 Å². The van der Waals surface area contributed by atoms with Crippen molar-refractivity contribution in [2.75, 3.05) is 26.2 Å². The van der Waals surface area contributed by atoms with E-state index in [0.29, 0.717) is 0 Å². The molecule has 0 aliphatic heterocycles. The van der Waals surface area contributed by atoms with Gasteiger partial charge in [0.1, 0.15) is 0 Å². The van der Waals surface area contributed by atoms with E-state index in [0.717, 1.165) is 17.9 Å². The highest BCUT2D eigenvalue weighted by Crippen LogP contribution is 2.28. The maximum absolute atomic E-state index is 3.80. The van der Waals surface area contributed by atoms with Gasteiger partial charge in [-0.05, 0) is 57.3 Å². The summed E-state index contributed by atoms with van der Waals surface area (Å²) in [5, 5.41) is 3.80. The van der Waals surface area contributed by atoms with Gasteiger partial charge in [0.05, 0.1) is 0 Å². The van der Waals surface area contributed by atoms with Crippen molar-refractivity contribution in [2.45, 2.75) is 59.4 Å². The zero-order chi connectivity index (χ0) is 12.7. The van der Waals surface area contributed by atoms with Gasteiger partial charge >= 0.3 is 0 Å².